The number of fused-ring (bicyclic) bond motifs is 4. The Morgan fingerprint density at radius 2 is 1.26 bits per heavy atom. The van der Waals surface area contributed by atoms with Crippen LogP contribution in [0.4, 0.5) is 22.7 Å². The summed E-state index contributed by atoms with van der Waals surface area (Å²) in [5, 5.41) is 11.3. The van der Waals surface area contributed by atoms with Crippen molar-refractivity contribution in [3.63, 3.8) is 0 Å². The normalized spacial score (nSPS) is 17.6. The highest BCUT2D eigenvalue weighted by molar-refractivity contribution is 7.17. The molecule has 2 fully saturated rings. The molecule has 0 spiro atoms. The van der Waals surface area contributed by atoms with Crippen molar-refractivity contribution in [1.82, 2.24) is 19.8 Å². The van der Waals surface area contributed by atoms with E-state index in [-0.39, 0.29) is 0 Å². The largest absolute Gasteiger partial charge is 0.384 e. The Balaban J connectivity index is 0.000000141. The van der Waals surface area contributed by atoms with Crippen molar-refractivity contribution in [3.05, 3.63) is 106 Å². The monoisotopic (exact) mass is 762 g/mol. The molecule has 274 valence electrons. The number of thiophene rings is 2. The maximum absolute atomic E-state index is 6.50. The molecule has 1 N–H and O–H groups in total. The quantitative estimate of drug-likeness (QED) is 0.169. The van der Waals surface area contributed by atoms with Gasteiger partial charge in [-0.1, -0.05) is 35.9 Å². The van der Waals surface area contributed by atoms with E-state index in [9.17, 15) is 0 Å². The van der Waals surface area contributed by atoms with Crippen LogP contribution in [0.5, 0.6) is 0 Å². The van der Waals surface area contributed by atoms with Crippen molar-refractivity contribution in [2.24, 2.45) is 0 Å². The third-order valence-corrected chi connectivity index (χ3v) is 13.5. The molecule has 4 aliphatic heterocycles. The summed E-state index contributed by atoms with van der Waals surface area (Å²) in [6.45, 7) is 14.3. The maximum atomic E-state index is 6.50. The molecule has 8 heterocycles. The lowest BCUT2D eigenvalue weighted by molar-refractivity contribution is 0.261. The first-order valence-electron chi connectivity index (χ1n) is 19.1. The molecular formula is C42H47ClN8S2. The number of nitrogens with zero attached hydrogens (tertiary/aromatic N) is 7. The van der Waals surface area contributed by atoms with Gasteiger partial charge in [0, 0.05) is 125 Å². The predicted octanol–water partition coefficient (Wildman–Crippen LogP) is 7.76. The van der Waals surface area contributed by atoms with E-state index in [0.29, 0.717) is 0 Å². The number of benzene rings is 2. The van der Waals surface area contributed by atoms with Crippen LogP contribution in [-0.2, 0) is 19.3 Å². The van der Waals surface area contributed by atoms with Gasteiger partial charge < -0.3 is 20.0 Å². The molecule has 0 atom stereocenters. The van der Waals surface area contributed by atoms with Crippen molar-refractivity contribution in [2.45, 2.75) is 19.3 Å². The second-order valence-corrected chi connectivity index (χ2v) is 16.8. The number of hydrogen-bond acceptors (Lipinski definition) is 10. The van der Waals surface area contributed by atoms with Gasteiger partial charge in [-0.3, -0.25) is 19.8 Å². The molecule has 4 aromatic heterocycles. The Labute approximate surface area is 325 Å². The zero-order chi connectivity index (χ0) is 35.6. The first-order valence-corrected chi connectivity index (χ1v) is 21.2. The Bertz CT molecular complexity index is 2170. The van der Waals surface area contributed by atoms with Crippen molar-refractivity contribution in [3.8, 4) is 0 Å². The third-order valence-electron chi connectivity index (χ3n) is 11.5. The molecule has 8 nitrogen and oxygen atoms in total. The van der Waals surface area contributed by atoms with Gasteiger partial charge >= 0.3 is 0 Å². The molecule has 0 unspecified atom stereocenters. The van der Waals surface area contributed by atoms with Gasteiger partial charge in [0.25, 0.3) is 0 Å². The minimum atomic E-state index is 0.900. The van der Waals surface area contributed by atoms with Gasteiger partial charge in [-0.25, -0.2) is 0 Å². The first-order chi connectivity index (χ1) is 26.2. The van der Waals surface area contributed by atoms with Crippen molar-refractivity contribution < 1.29 is 0 Å². The summed E-state index contributed by atoms with van der Waals surface area (Å²) in [4.78, 5) is 21.6. The lowest BCUT2D eigenvalue weighted by Gasteiger charge is -2.37. The van der Waals surface area contributed by atoms with E-state index in [2.05, 4.69) is 99.1 Å². The zero-order valence-electron chi connectivity index (χ0n) is 30.2. The van der Waals surface area contributed by atoms with Gasteiger partial charge in [0.05, 0.1) is 33.2 Å². The van der Waals surface area contributed by atoms with E-state index in [1.165, 1.54) is 72.6 Å². The summed E-state index contributed by atoms with van der Waals surface area (Å²) < 4.78 is 2.56. The smallest absolute Gasteiger partial charge is 0.0641 e. The van der Waals surface area contributed by atoms with E-state index < -0.39 is 0 Å². The highest BCUT2D eigenvalue weighted by atomic mass is 35.5. The highest BCUT2D eigenvalue weighted by Gasteiger charge is 2.23. The van der Waals surface area contributed by atoms with Crippen LogP contribution in [0.1, 0.15) is 16.7 Å². The van der Waals surface area contributed by atoms with E-state index >= 15 is 0 Å². The topological polar surface area (TPSA) is 54.0 Å². The van der Waals surface area contributed by atoms with Crippen molar-refractivity contribution in [2.75, 3.05) is 105 Å². The number of para-hydroxylation sites is 1. The number of rotatable bonds is 8. The fraction of sp³-hybridized carbons (Fsp3) is 0.381. The van der Waals surface area contributed by atoms with Gasteiger partial charge in [0.1, 0.15) is 0 Å². The molecule has 4 aliphatic rings. The summed E-state index contributed by atoms with van der Waals surface area (Å²) >= 11 is 10.0. The highest BCUT2D eigenvalue weighted by Crippen LogP contribution is 2.33. The second kappa shape index (κ2) is 15.8. The number of halogens is 1. The summed E-state index contributed by atoms with van der Waals surface area (Å²) in [6, 6.07) is 17.7. The Morgan fingerprint density at radius 3 is 1.94 bits per heavy atom. The molecule has 0 aliphatic carbocycles. The van der Waals surface area contributed by atoms with Crippen LogP contribution in [0.25, 0.3) is 20.2 Å². The molecular weight excluding hydrogens is 716 g/mol. The predicted molar refractivity (Wildman–Crippen MR) is 226 cm³/mol. The second-order valence-electron chi connectivity index (χ2n) is 14.5. The lowest BCUT2D eigenvalue weighted by Crippen LogP contribution is -2.48. The Kier molecular flexibility index (Phi) is 10.4. The van der Waals surface area contributed by atoms with E-state index in [1.54, 1.807) is 22.7 Å². The van der Waals surface area contributed by atoms with Crippen LogP contribution in [0.15, 0.2) is 84.1 Å². The van der Waals surface area contributed by atoms with Gasteiger partial charge in [0.2, 0.25) is 0 Å². The van der Waals surface area contributed by atoms with Gasteiger partial charge in [0.15, 0.2) is 0 Å². The third kappa shape index (κ3) is 7.57. The molecule has 2 saturated heterocycles. The van der Waals surface area contributed by atoms with Gasteiger partial charge in [-0.05, 0) is 71.0 Å². The molecule has 6 aromatic rings. The number of piperazine rings is 2. The molecule has 0 radical (unpaired) electrons. The van der Waals surface area contributed by atoms with Crippen LogP contribution in [0.2, 0.25) is 5.02 Å². The van der Waals surface area contributed by atoms with E-state index in [0.717, 1.165) is 96.4 Å². The molecule has 0 amide bonds. The molecule has 11 heteroatoms. The standard InChI is InChI=1S/C21H23ClN4S.C21H24N4S/c22-18-12-19-16(1-4-24-19)11-15(18)2-5-25-6-8-26(9-7-25)20-13-23-14-21-17(20)3-10-27-21;1-2-4-19-17(3-1)5-7-24(19)11-8-23-9-12-25(13-10-23)20-15-22-16-21-18(20)6-14-26-21/h3,10-14,24H,1-2,4-9H2;1-4,6,14-16H,5,7-13H2. The zero-order valence-corrected chi connectivity index (χ0v) is 32.6. The van der Waals surface area contributed by atoms with Crippen molar-refractivity contribution in [1.29, 1.82) is 0 Å². The minimum Gasteiger partial charge on any atom is -0.384 e. The summed E-state index contributed by atoms with van der Waals surface area (Å²) in [6.07, 6.45) is 11.3. The van der Waals surface area contributed by atoms with Crippen LogP contribution in [0, 0.1) is 0 Å². The number of nitrogens with one attached hydrogen (secondary N) is 1. The van der Waals surface area contributed by atoms with E-state index in [1.807, 2.05) is 24.8 Å². The van der Waals surface area contributed by atoms with Crippen molar-refractivity contribution >= 4 is 77.2 Å². The fourth-order valence-electron chi connectivity index (χ4n) is 8.43. The minimum absolute atomic E-state index is 0.900. The van der Waals surface area contributed by atoms with E-state index in [4.69, 9.17) is 11.6 Å². The number of hydrogen-bond donors (Lipinski definition) is 1. The van der Waals surface area contributed by atoms with Crippen LogP contribution in [0.3, 0.4) is 0 Å². The lowest BCUT2D eigenvalue weighted by atomic mass is 10.1. The average molecular weight is 763 g/mol. The summed E-state index contributed by atoms with van der Waals surface area (Å²) in [7, 11) is 0. The average Bonchev–Trinajstić information content (AvgIpc) is 4.04. The number of aromatic nitrogens is 2. The Morgan fingerprint density at radius 1 is 0.623 bits per heavy atom. The molecule has 53 heavy (non-hydrogen) atoms. The molecule has 2 aromatic carbocycles. The van der Waals surface area contributed by atoms with Gasteiger partial charge in [-0.15, -0.1) is 22.7 Å². The summed E-state index contributed by atoms with van der Waals surface area (Å²) in [5.41, 5.74) is 9.45. The van der Waals surface area contributed by atoms with Crippen LogP contribution in [-0.4, -0.2) is 105 Å². The Hall–Kier alpha value is -3.93. The van der Waals surface area contributed by atoms with Gasteiger partial charge in [-0.2, -0.15) is 0 Å². The van der Waals surface area contributed by atoms with Crippen LogP contribution < -0.4 is 20.0 Å². The fourth-order valence-corrected chi connectivity index (χ4v) is 10.2. The van der Waals surface area contributed by atoms with Crippen LogP contribution >= 0.6 is 34.3 Å². The SMILES string of the molecule is Clc1cc2c(cc1CCN1CCN(c3cncc4sccc34)CC1)CCN2.c1ccc2c(c1)CCN2CCN1CCN(c2cncc3sccc23)CC1. The molecule has 0 saturated carbocycles. The molecule has 0 bridgehead atoms. The number of pyridine rings is 2. The maximum Gasteiger partial charge on any atom is 0.0641 e. The summed E-state index contributed by atoms with van der Waals surface area (Å²) in [5.74, 6) is 0. The molecule has 10 rings (SSSR count). The number of anilines is 4. The first kappa shape index (κ1) is 34.8.